The Kier molecular flexibility index (Phi) is 6.01. The molecule has 0 atom stereocenters. The Morgan fingerprint density at radius 3 is 2.38 bits per heavy atom. The standard InChI is InChI=1S/C19H22N4O2S/c1-23(2)19(24)25-13-14-3-7-16(8-4-14)26-17-9-5-15(6-10-17)22-18-20-11-12-21-18/h3-10H,11-13H2,1-2H3,(H2,20,21,22). The number of nitrogens with zero attached hydrogens (tertiary/aromatic N) is 2. The zero-order valence-electron chi connectivity index (χ0n) is 14.9. The van der Waals surface area contributed by atoms with Crippen molar-refractivity contribution in [1.82, 2.24) is 10.2 Å². The van der Waals surface area contributed by atoms with Crippen LogP contribution in [0.25, 0.3) is 0 Å². The van der Waals surface area contributed by atoms with Gasteiger partial charge in [0.05, 0.1) is 6.54 Å². The lowest BCUT2D eigenvalue weighted by molar-refractivity contribution is 0.112. The molecule has 0 radical (unpaired) electrons. The van der Waals surface area contributed by atoms with Gasteiger partial charge in [-0.15, -0.1) is 0 Å². The summed E-state index contributed by atoms with van der Waals surface area (Å²) in [5.74, 6) is 0.830. The molecular formula is C19H22N4O2S. The monoisotopic (exact) mass is 370 g/mol. The highest BCUT2D eigenvalue weighted by Crippen LogP contribution is 2.28. The molecule has 0 unspecified atom stereocenters. The Morgan fingerprint density at radius 1 is 1.15 bits per heavy atom. The summed E-state index contributed by atoms with van der Waals surface area (Å²) in [6.45, 7) is 1.99. The zero-order chi connectivity index (χ0) is 18.4. The van der Waals surface area contributed by atoms with E-state index in [1.54, 1.807) is 25.9 Å². The summed E-state index contributed by atoms with van der Waals surface area (Å²) in [5, 5.41) is 6.44. The van der Waals surface area contributed by atoms with E-state index in [0.29, 0.717) is 0 Å². The number of aliphatic imine (C=N–C) groups is 1. The van der Waals surface area contributed by atoms with E-state index in [0.717, 1.165) is 40.1 Å². The fraction of sp³-hybridized carbons (Fsp3) is 0.263. The van der Waals surface area contributed by atoms with Crippen LogP contribution in [0.3, 0.4) is 0 Å². The van der Waals surface area contributed by atoms with Crippen molar-refractivity contribution in [2.45, 2.75) is 16.4 Å². The third-order valence-corrected chi connectivity index (χ3v) is 4.69. The molecule has 0 bridgehead atoms. The van der Waals surface area contributed by atoms with Gasteiger partial charge < -0.3 is 20.3 Å². The quantitative estimate of drug-likeness (QED) is 0.844. The predicted molar refractivity (Wildman–Crippen MR) is 105 cm³/mol. The lowest BCUT2D eigenvalue weighted by Crippen LogP contribution is -2.26. The maximum absolute atomic E-state index is 11.4. The summed E-state index contributed by atoms with van der Waals surface area (Å²) >= 11 is 1.69. The second-order valence-electron chi connectivity index (χ2n) is 6.00. The molecule has 26 heavy (non-hydrogen) atoms. The van der Waals surface area contributed by atoms with Gasteiger partial charge in [0.2, 0.25) is 0 Å². The van der Waals surface area contributed by atoms with Crippen LogP contribution < -0.4 is 10.6 Å². The third kappa shape index (κ3) is 5.16. The van der Waals surface area contributed by atoms with Gasteiger partial charge in [-0.05, 0) is 42.0 Å². The third-order valence-electron chi connectivity index (χ3n) is 3.68. The number of rotatable bonds is 5. The van der Waals surface area contributed by atoms with Gasteiger partial charge in [0, 0.05) is 36.1 Å². The largest absolute Gasteiger partial charge is 0.445 e. The number of hydrogen-bond donors (Lipinski definition) is 2. The number of carbonyl (C=O) groups is 1. The van der Waals surface area contributed by atoms with Crippen LogP contribution in [0.1, 0.15) is 5.56 Å². The summed E-state index contributed by atoms with van der Waals surface area (Å²) in [6.07, 6.45) is -0.337. The van der Waals surface area contributed by atoms with Crippen molar-refractivity contribution in [3.8, 4) is 0 Å². The van der Waals surface area contributed by atoms with E-state index in [9.17, 15) is 4.79 Å². The SMILES string of the molecule is CN(C)C(=O)OCc1ccc(Sc2ccc(NC3=NCCN3)cc2)cc1. The maximum atomic E-state index is 11.4. The molecule has 0 saturated carbocycles. The van der Waals surface area contributed by atoms with Crippen LogP contribution in [-0.2, 0) is 11.3 Å². The number of hydrogen-bond acceptors (Lipinski definition) is 6. The number of guanidine groups is 1. The van der Waals surface area contributed by atoms with Gasteiger partial charge in [0.15, 0.2) is 5.96 Å². The summed E-state index contributed by atoms with van der Waals surface area (Å²) < 4.78 is 5.17. The molecule has 2 N–H and O–H groups in total. The van der Waals surface area contributed by atoms with Crippen molar-refractivity contribution in [1.29, 1.82) is 0 Å². The van der Waals surface area contributed by atoms with Crippen LogP contribution >= 0.6 is 11.8 Å². The van der Waals surface area contributed by atoms with E-state index in [1.807, 2.05) is 36.4 Å². The second-order valence-corrected chi connectivity index (χ2v) is 7.15. The lowest BCUT2D eigenvalue weighted by Gasteiger charge is -2.11. The molecule has 0 saturated heterocycles. The van der Waals surface area contributed by atoms with E-state index in [4.69, 9.17) is 4.74 Å². The molecular weight excluding hydrogens is 348 g/mol. The molecule has 0 aliphatic carbocycles. The molecule has 0 spiro atoms. The molecule has 0 fully saturated rings. The Morgan fingerprint density at radius 2 is 1.81 bits per heavy atom. The van der Waals surface area contributed by atoms with Crippen molar-refractivity contribution < 1.29 is 9.53 Å². The first-order valence-electron chi connectivity index (χ1n) is 8.36. The van der Waals surface area contributed by atoms with Crippen molar-refractivity contribution in [2.24, 2.45) is 4.99 Å². The van der Waals surface area contributed by atoms with Crippen molar-refractivity contribution in [3.63, 3.8) is 0 Å². The minimum absolute atomic E-state index is 0.278. The normalized spacial score (nSPS) is 12.9. The van der Waals surface area contributed by atoms with Crippen LogP contribution in [0, 0.1) is 0 Å². The number of carbonyl (C=O) groups excluding carboxylic acids is 1. The molecule has 1 heterocycles. The summed E-state index contributed by atoms with van der Waals surface area (Å²) in [6, 6.07) is 16.3. The Balaban J connectivity index is 1.52. The van der Waals surface area contributed by atoms with Crippen molar-refractivity contribution >= 4 is 29.5 Å². The molecule has 1 aliphatic heterocycles. The molecule has 2 aromatic carbocycles. The highest BCUT2D eigenvalue weighted by molar-refractivity contribution is 7.99. The highest BCUT2D eigenvalue weighted by Gasteiger charge is 2.06. The number of benzene rings is 2. The van der Waals surface area contributed by atoms with Crippen molar-refractivity contribution in [3.05, 3.63) is 54.1 Å². The van der Waals surface area contributed by atoms with Crippen molar-refractivity contribution in [2.75, 3.05) is 32.5 Å². The first kappa shape index (κ1) is 18.1. The van der Waals surface area contributed by atoms with E-state index in [1.165, 1.54) is 4.90 Å². The number of anilines is 1. The molecule has 0 aromatic heterocycles. The van der Waals surface area contributed by atoms with Crippen LogP contribution in [0.15, 0.2) is 63.3 Å². The summed E-state index contributed by atoms with van der Waals surface area (Å²) in [7, 11) is 3.33. The molecule has 1 amide bonds. The van der Waals surface area contributed by atoms with Crippen LogP contribution in [0.5, 0.6) is 0 Å². The van der Waals surface area contributed by atoms with Crippen LogP contribution in [-0.4, -0.2) is 44.1 Å². The zero-order valence-corrected chi connectivity index (χ0v) is 15.7. The first-order valence-corrected chi connectivity index (χ1v) is 9.18. The first-order chi connectivity index (χ1) is 12.6. The number of amides is 1. The molecule has 1 aliphatic rings. The molecule has 2 aromatic rings. The Bertz CT molecular complexity index is 773. The molecule has 6 nitrogen and oxygen atoms in total. The van der Waals surface area contributed by atoms with Gasteiger partial charge in [0.25, 0.3) is 0 Å². The van der Waals surface area contributed by atoms with E-state index < -0.39 is 0 Å². The average Bonchev–Trinajstić information content (AvgIpc) is 3.15. The van der Waals surface area contributed by atoms with Gasteiger partial charge in [-0.3, -0.25) is 4.99 Å². The average molecular weight is 370 g/mol. The maximum Gasteiger partial charge on any atom is 0.409 e. The van der Waals surface area contributed by atoms with Gasteiger partial charge >= 0.3 is 6.09 Å². The van der Waals surface area contributed by atoms with Gasteiger partial charge in [-0.1, -0.05) is 23.9 Å². The van der Waals surface area contributed by atoms with Crippen LogP contribution in [0.4, 0.5) is 10.5 Å². The van der Waals surface area contributed by atoms with Gasteiger partial charge in [-0.25, -0.2) is 4.79 Å². The predicted octanol–water partition coefficient (Wildman–Crippen LogP) is 3.41. The van der Waals surface area contributed by atoms with E-state index in [2.05, 4.69) is 27.8 Å². The van der Waals surface area contributed by atoms with Gasteiger partial charge in [0.1, 0.15) is 6.61 Å². The topological polar surface area (TPSA) is 66.0 Å². The summed E-state index contributed by atoms with van der Waals surface area (Å²) in [4.78, 5) is 19.5. The lowest BCUT2D eigenvalue weighted by atomic mass is 10.2. The van der Waals surface area contributed by atoms with E-state index >= 15 is 0 Å². The second kappa shape index (κ2) is 8.62. The highest BCUT2D eigenvalue weighted by atomic mass is 32.2. The molecule has 7 heteroatoms. The van der Waals surface area contributed by atoms with E-state index in [-0.39, 0.29) is 12.7 Å². The molecule has 3 rings (SSSR count). The minimum atomic E-state index is -0.337. The molecule has 136 valence electrons. The van der Waals surface area contributed by atoms with Gasteiger partial charge in [-0.2, -0.15) is 0 Å². The Labute approximate surface area is 157 Å². The fourth-order valence-electron chi connectivity index (χ4n) is 2.29. The number of ether oxygens (including phenoxy) is 1. The summed E-state index contributed by atoms with van der Waals surface area (Å²) in [5.41, 5.74) is 1.98. The Hall–Kier alpha value is -2.67. The minimum Gasteiger partial charge on any atom is -0.445 e. The number of nitrogens with one attached hydrogen (secondary N) is 2. The smallest absolute Gasteiger partial charge is 0.409 e. The van der Waals surface area contributed by atoms with Crippen LogP contribution in [0.2, 0.25) is 0 Å². The fourth-order valence-corrected chi connectivity index (χ4v) is 3.11.